The zero-order valence-corrected chi connectivity index (χ0v) is 19.2. The van der Waals surface area contributed by atoms with E-state index in [1.165, 1.54) is 18.4 Å². The van der Waals surface area contributed by atoms with Crippen LogP contribution in [0.3, 0.4) is 0 Å². The van der Waals surface area contributed by atoms with Gasteiger partial charge in [-0.15, -0.1) is 0 Å². The number of carbonyl (C=O) groups excluding carboxylic acids is 1. The molecule has 1 aromatic heterocycles. The summed E-state index contributed by atoms with van der Waals surface area (Å²) in [5.74, 6) is 0.131. The van der Waals surface area contributed by atoms with Gasteiger partial charge in [-0.1, -0.05) is 50.6 Å². The molecule has 3 aliphatic rings. The van der Waals surface area contributed by atoms with Gasteiger partial charge in [0.2, 0.25) is 0 Å². The molecule has 5 nitrogen and oxygen atoms in total. The van der Waals surface area contributed by atoms with Crippen molar-refractivity contribution in [1.29, 1.82) is 0 Å². The number of nitrogens with zero attached hydrogens (tertiary/aromatic N) is 3. The zero-order chi connectivity index (χ0) is 21.6. The first-order valence-corrected chi connectivity index (χ1v) is 12.2. The highest BCUT2D eigenvalue weighted by Gasteiger charge is 2.63. The third-order valence-corrected chi connectivity index (χ3v) is 8.45. The number of nitrogens with one attached hydrogen (secondary N) is 1. The van der Waals surface area contributed by atoms with Crippen molar-refractivity contribution in [2.75, 3.05) is 7.05 Å². The Morgan fingerprint density at radius 1 is 1.23 bits per heavy atom. The predicted octanol–water partition coefficient (Wildman–Crippen LogP) is 4.45. The van der Waals surface area contributed by atoms with Gasteiger partial charge in [-0.05, 0) is 63.6 Å². The van der Waals surface area contributed by atoms with Crippen molar-refractivity contribution in [2.24, 2.45) is 5.41 Å². The number of H-pyrrole nitrogens is 1. The van der Waals surface area contributed by atoms with Crippen LogP contribution in [-0.4, -0.2) is 57.1 Å². The number of benzene rings is 1. The summed E-state index contributed by atoms with van der Waals surface area (Å²) in [6.45, 7) is 4.63. The number of aryl methyl sites for hydroxylation is 1. The van der Waals surface area contributed by atoms with Gasteiger partial charge in [0, 0.05) is 35.3 Å². The van der Waals surface area contributed by atoms with Gasteiger partial charge in [-0.2, -0.15) is 5.10 Å². The van der Waals surface area contributed by atoms with Gasteiger partial charge < -0.3 is 4.90 Å². The minimum absolute atomic E-state index is 0.131. The maximum atomic E-state index is 13.8. The van der Waals surface area contributed by atoms with Gasteiger partial charge in [-0.25, -0.2) is 0 Å². The predicted molar refractivity (Wildman–Crippen MR) is 123 cm³/mol. The maximum Gasteiger partial charge on any atom is 0.274 e. The molecule has 1 N–H and O–H groups in total. The molecule has 2 bridgehead atoms. The number of aromatic nitrogens is 2. The number of piperidine rings is 1. The highest BCUT2D eigenvalue weighted by molar-refractivity contribution is 5.93. The molecule has 3 fully saturated rings. The lowest BCUT2D eigenvalue weighted by atomic mass is 9.64. The van der Waals surface area contributed by atoms with Gasteiger partial charge in [0.1, 0.15) is 5.69 Å². The number of likely N-dealkylation sites (tertiary alicyclic amines) is 2. The molecule has 0 spiro atoms. The lowest BCUT2D eigenvalue weighted by molar-refractivity contribution is -0.00397. The van der Waals surface area contributed by atoms with Crippen LogP contribution in [0.4, 0.5) is 0 Å². The average molecular weight is 421 g/mol. The van der Waals surface area contributed by atoms with Crippen LogP contribution < -0.4 is 0 Å². The molecule has 2 aliphatic heterocycles. The Morgan fingerprint density at radius 2 is 2.00 bits per heavy atom. The van der Waals surface area contributed by atoms with Crippen LogP contribution in [-0.2, 0) is 12.8 Å². The van der Waals surface area contributed by atoms with Crippen molar-refractivity contribution in [1.82, 2.24) is 20.0 Å². The van der Waals surface area contributed by atoms with E-state index in [0.29, 0.717) is 23.8 Å². The van der Waals surface area contributed by atoms with Gasteiger partial charge in [0.05, 0.1) is 0 Å². The molecule has 0 radical (unpaired) electrons. The fraction of sp³-hybridized carbons (Fsp3) is 0.615. The third kappa shape index (κ3) is 3.42. The molecule has 31 heavy (non-hydrogen) atoms. The Balaban J connectivity index is 1.47. The molecule has 1 aromatic carbocycles. The largest absolute Gasteiger partial charge is 0.329 e. The maximum absolute atomic E-state index is 13.8. The summed E-state index contributed by atoms with van der Waals surface area (Å²) in [5.41, 5.74) is 3.23. The molecule has 5 atom stereocenters. The Labute approximate surface area is 186 Å². The quantitative estimate of drug-likeness (QED) is 0.751. The average Bonchev–Trinajstić information content (AvgIpc) is 3.36. The standard InChI is InChI=1S/C26H36N4O/c1-4-5-12-19-16-20(28-27-19)25(31)30-22-17-26(2)23(13-9-14-24(26)30)29(3)21(22)15-18-10-7-6-8-11-18/h6-8,10-11,16,21-24H,4-5,9,12-15,17H2,1-3H3,(H,27,28)/t21-,22-,23+,24-,26+/m0/s1. The van der Waals surface area contributed by atoms with Gasteiger partial charge >= 0.3 is 0 Å². The SMILES string of the molecule is CCCCc1cc(C(=O)N2[C@H]3CCC[C@H]4N(C)[C@@H](Cc5ccccc5)[C@@H]2C[C@@]34C)n[nH]1. The van der Waals surface area contributed by atoms with E-state index < -0.39 is 0 Å². The van der Waals surface area contributed by atoms with Crippen LogP contribution >= 0.6 is 0 Å². The number of carbonyl (C=O) groups is 1. The van der Waals surface area contributed by atoms with E-state index in [1.807, 2.05) is 6.07 Å². The van der Waals surface area contributed by atoms with Crippen molar-refractivity contribution >= 4 is 5.91 Å². The minimum Gasteiger partial charge on any atom is -0.329 e. The molecule has 1 saturated carbocycles. The van der Waals surface area contributed by atoms with Gasteiger partial charge in [-0.3, -0.25) is 14.8 Å². The molecule has 166 valence electrons. The van der Waals surface area contributed by atoms with Crippen LogP contribution in [0.2, 0.25) is 0 Å². The van der Waals surface area contributed by atoms with Gasteiger partial charge in [0.15, 0.2) is 0 Å². The highest BCUT2D eigenvalue weighted by Crippen LogP contribution is 2.56. The number of aromatic amines is 1. The summed E-state index contributed by atoms with van der Waals surface area (Å²) in [4.78, 5) is 18.7. The van der Waals surface area contributed by atoms with Gasteiger partial charge in [0.25, 0.3) is 5.91 Å². The Hall–Kier alpha value is -2.14. The number of likely N-dealkylation sites (N-methyl/N-ethyl adjacent to an activating group) is 1. The first-order valence-electron chi connectivity index (χ1n) is 12.2. The first kappa shape index (κ1) is 20.7. The van der Waals surface area contributed by atoms with E-state index in [1.54, 1.807) is 0 Å². The molecule has 5 rings (SSSR count). The molecule has 1 amide bonds. The number of hydrogen-bond donors (Lipinski definition) is 1. The summed E-state index contributed by atoms with van der Waals surface area (Å²) in [5, 5.41) is 7.58. The molecule has 0 unspecified atom stereocenters. The topological polar surface area (TPSA) is 52.2 Å². The fourth-order valence-corrected chi connectivity index (χ4v) is 6.91. The first-order chi connectivity index (χ1) is 15.0. The number of hydrogen-bond acceptors (Lipinski definition) is 3. The lowest BCUT2D eigenvalue weighted by Gasteiger charge is -2.51. The summed E-state index contributed by atoms with van der Waals surface area (Å²) in [6.07, 6.45) is 8.90. The van der Waals surface area contributed by atoms with E-state index in [0.717, 1.165) is 44.2 Å². The van der Waals surface area contributed by atoms with E-state index >= 15 is 0 Å². The Morgan fingerprint density at radius 3 is 2.77 bits per heavy atom. The summed E-state index contributed by atoms with van der Waals surface area (Å²) < 4.78 is 0. The number of amides is 1. The summed E-state index contributed by atoms with van der Waals surface area (Å²) in [7, 11) is 2.30. The van der Waals surface area contributed by atoms with Crippen molar-refractivity contribution < 1.29 is 4.79 Å². The molecule has 2 saturated heterocycles. The van der Waals surface area contributed by atoms with Crippen LogP contribution in [0.15, 0.2) is 36.4 Å². The van der Waals surface area contributed by atoms with Crippen LogP contribution in [0.25, 0.3) is 0 Å². The summed E-state index contributed by atoms with van der Waals surface area (Å²) >= 11 is 0. The Kier molecular flexibility index (Phi) is 5.41. The second-order valence-electron chi connectivity index (χ2n) is 10.3. The molecular weight excluding hydrogens is 384 g/mol. The number of unbranched alkanes of at least 4 members (excludes halogenated alkanes) is 1. The lowest BCUT2D eigenvalue weighted by Crippen LogP contribution is -2.59. The highest BCUT2D eigenvalue weighted by atomic mass is 16.2. The van der Waals surface area contributed by atoms with Crippen molar-refractivity contribution in [3.63, 3.8) is 0 Å². The fourth-order valence-electron chi connectivity index (χ4n) is 6.91. The van der Waals surface area contributed by atoms with E-state index in [-0.39, 0.29) is 17.4 Å². The molecule has 3 heterocycles. The minimum atomic E-state index is 0.131. The zero-order valence-electron chi connectivity index (χ0n) is 19.2. The normalized spacial score (nSPS) is 32.4. The molecular formula is C26H36N4O. The third-order valence-electron chi connectivity index (χ3n) is 8.45. The summed E-state index contributed by atoms with van der Waals surface area (Å²) in [6, 6.07) is 14.3. The molecule has 2 aromatic rings. The van der Waals surface area contributed by atoms with Crippen LogP contribution in [0, 0.1) is 5.41 Å². The van der Waals surface area contributed by atoms with E-state index in [4.69, 9.17) is 0 Å². The smallest absolute Gasteiger partial charge is 0.274 e. The van der Waals surface area contributed by atoms with Crippen molar-refractivity contribution in [3.05, 3.63) is 53.3 Å². The van der Waals surface area contributed by atoms with Crippen molar-refractivity contribution in [2.45, 2.75) is 89.4 Å². The van der Waals surface area contributed by atoms with Crippen LogP contribution in [0.1, 0.15) is 74.1 Å². The van der Waals surface area contributed by atoms with Crippen molar-refractivity contribution in [3.8, 4) is 0 Å². The van der Waals surface area contributed by atoms with E-state index in [9.17, 15) is 4.79 Å². The Bertz CT molecular complexity index is 924. The molecule has 1 aliphatic carbocycles. The molecule has 5 heteroatoms. The van der Waals surface area contributed by atoms with Crippen LogP contribution in [0.5, 0.6) is 0 Å². The monoisotopic (exact) mass is 420 g/mol. The second-order valence-corrected chi connectivity index (χ2v) is 10.3. The second kappa shape index (κ2) is 8.09. The van der Waals surface area contributed by atoms with E-state index in [2.05, 4.69) is 71.2 Å². The number of fused-ring (bicyclic) bond motifs is 1. The number of rotatable bonds is 6.